The van der Waals surface area contributed by atoms with Crippen molar-refractivity contribution < 1.29 is 9.18 Å². The number of nitrogens with zero attached hydrogens (tertiary/aromatic N) is 3. The van der Waals surface area contributed by atoms with Crippen LogP contribution in [0.4, 0.5) is 4.39 Å². The summed E-state index contributed by atoms with van der Waals surface area (Å²) in [5.41, 5.74) is 8.88. The summed E-state index contributed by atoms with van der Waals surface area (Å²) in [5.74, 6) is -0.594. The molecule has 4 rings (SSSR count). The van der Waals surface area contributed by atoms with E-state index in [-0.39, 0.29) is 30.1 Å². The van der Waals surface area contributed by atoms with Crippen LogP contribution < -0.4 is 11.1 Å². The van der Waals surface area contributed by atoms with E-state index in [1.54, 1.807) is 24.7 Å². The van der Waals surface area contributed by atoms with E-state index in [0.717, 1.165) is 11.1 Å². The van der Waals surface area contributed by atoms with Gasteiger partial charge in [0.2, 0.25) is 5.91 Å². The quantitative estimate of drug-likeness (QED) is 0.858. The molecule has 2 unspecified atom stereocenters. The zero-order valence-electron chi connectivity index (χ0n) is 14.9. The maximum Gasteiger partial charge on any atom is 0.249 e. The van der Waals surface area contributed by atoms with Crippen LogP contribution in [0, 0.1) is 17.7 Å². The van der Waals surface area contributed by atoms with E-state index in [4.69, 9.17) is 5.73 Å². The van der Waals surface area contributed by atoms with Crippen molar-refractivity contribution in [3.63, 3.8) is 0 Å². The van der Waals surface area contributed by atoms with E-state index in [9.17, 15) is 9.18 Å². The standard InChI is InChI=1S/C21H18FN5O/c22-15-3-1-2-13(8-15)14-4-5-17-18(9-14)20(23)26-12-19(17)21(28)27-11-16-10-24-6-7-25-16/h1-10,12,17-18H,11H2,(H2,23,26)(H,27,28). The molecule has 0 saturated carbocycles. The second-order valence-electron chi connectivity index (χ2n) is 6.56. The number of hydrogen-bond donors (Lipinski definition) is 2. The number of hydrogen-bond acceptors (Lipinski definition) is 5. The number of rotatable bonds is 4. The SMILES string of the molecule is NC1=NC=C(C(=O)NCc2cnccn2)C2C=CC(c3cccc(F)c3)=CC12. The fourth-order valence-corrected chi connectivity index (χ4v) is 3.33. The minimum Gasteiger partial charge on any atom is -0.387 e. The van der Waals surface area contributed by atoms with Crippen LogP contribution in [0.25, 0.3) is 5.57 Å². The monoisotopic (exact) mass is 375 g/mol. The molecule has 2 heterocycles. The third kappa shape index (κ3) is 3.59. The van der Waals surface area contributed by atoms with E-state index in [2.05, 4.69) is 20.3 Å². The van der Waals surface area contributed by atoms with E-state index >= 15 is 0 Å². The lowest BCUT2D eigenvalue weighted by Gasteiger charge is -2.29. The first-order chi connectivity index (χ1) is 13.6. The van der Waals surface area contributed by atoms with Crippen LogP contribution in [0.5, 0.6) is 0 Å². The summed E-state index contributed by atoms with van der Waals surface area (Å²) >= 11 is 0. The molecule has 1 aromatic carbocycles. The Kier molecular flexibility index (Phi) is 4.80. The second-order valence-corrected chi connectivity index (χ2v) is 6.56. The molecule has 1 aliphatic heterocycles. The fourth-order valence-electron chi connectivity index (χ4n) is 3.33. The van der Waals surface area contributed by atoms with Crippen LogP contribution in [-0.2, 0) is 11.3 Å². The molecule has 1 aromatic heterocycles. The van der Waals surface area contributed by atoms with Gasteiger partial charge in [0.1, 0.15) is 11.7 Å². The van der Waals surface area contributed by atoms with Crippen molar-refractivity contribution in [3.8, 4) is 0 Å². The van der Waals surface area contributed by atoms with Crippen molar-refractivity contribution in [3.05, 3.63) is 89.9 Å². The summed E-state index contributed by atoms with van der Waals surface area (Å²) in [4.78, 5) is 25.0. The van der Waals surface area contributed by atoms with Crippen molar-refractivity contribution in [1.29, 1.82) is 0 Å². The summed E-state index contributed by atoms with van der Waals surface area (Å²) in [6.07, 6.45) is 12.0. The van der Waals surface area contributed by atoms with Gasteiger partial charge in [-0.3, -0.25) is 14.8 Å². The number of aliphatic imine (C=N–C) groups is 1. The van der Waals surface area contributed by atoms with Crippen molar-refractivity contribution in [1.82, 2.24) is 15.3 Å². The molecule has 6 nitrogen and oxygen atoms in total. The van der Waals surface area contributed by atoms with Gasteiger partial charge in [-0.15, -0.1) is 0 Å². The number of carbonyl (C=O) groups is 1. The Labute approximate surface area is 161 Å². The van der Waals surface area contributed by atoms with Crippen LogP contribution in [-0.4, -0.2) is 21.7 Å². The molecule has 7 heteroatoms. The Bertz CT molecular complexity index is 1030. The second kappa shape index (κ2) is 7.56. The minimum atomic E-state index is -0.303. The lowest BCUT2D eigenvalue weighted by molar-refractivity contribution is -0.118. The van der Waals surface area contributed by atoms with Crippen LogP contribution in [0.2, 0.25) is 0 Å². The van der Waals surface area contributed by atoms with E-state index in [1.807, 2.05) is 24.3 Å². The topological polar surface area (TPSA) is 93.3 Å². The maximum atomic E-state index is 13.6. The highest BCUT2D eigenvalue weighted by Gasteiger charge is 2.33. The smallest absolute Gasteiger partial charge is 0.249 e. The molecule has 0 fully saturated rings. The zero-order chi connectivity index (χ0) is 19.5. The Balaban J connectivity index is 1.53. The Hall–Kier alpha value is -3.61. The van der Waals surface area contributed by atoms with Crippen LogP contribution in [0.1, 0.15) is 11.3 Å². The van der Waals surface area contributed by atoms with E-state index in [0.29, 0.717) is 17.1 Å². The Morgan fingerprint density at radius 2 is 2.14 bits per heavy atom. The number of nitrogens with two attached hydrogens (primary N) is 1. The molecule has 1 aliphatic carbocycles. The van der Waals surface area contributed by atoms with E-state index < -0.39 is 0 Å². The van der Waals surface area contributed by atoms with Gasteiger partial charge in [-0.2, -0.15) is 0 Å². The first-order valence-corrected chi connectivity index (χ1v) is 8.84. The predicted molar refractivity (Wildman–Crippen MR) is 104 cm³/mol. The summed E-state index contributed by atoms with van der Waals surface area (Å²) in [6, 6.07) is 6.37. The molecule has 140 valence electrons. The number of benzene rings is 1. The average Bonchev–Trinajstić information content (AvgIpc) is 2.73. The number of aromatic nitrogens is 2. The molecule has 0 radical (unpaired) electrons. The first-order valence-electron chi connectivity index (χ1n) is 8.84. The van der Waals surface area contributed by atoms with Gasteiger partial charge < -0.3 is 11.1 Å². The van der Waals surface area contributed by atoms with E-state index in [1.165, 1.54) is 18.3 Å². The Morgan fingerprint density at radius 1 is 1.25 bits per heavy atom. The molecule has 0 saturated heterocycles. The molecule has 28 heavy (non-hydrogen) atoms. The van der Waals surface area contributed by atoms with Gasteiger partial charge in [0.05, 0.1) is 18.4 Å². The number of nitrogens with one attached hydrogen (secondary N) is 1. The third-order valence-corrected chi connectivity index (χ3v) is 4.75. The first kappa shape index (κ1) is 17.8. The summed E-state index contributed by atoms with van der Waals surface area (Å²) in [5, 5.41) is 2.84. The van der Waals surface area contributed by atoms with Crippen molar-refractivity contribution in [2.24, 2.45) is 22.6 Å². The fraction of sp³-hybridized carbons (Fsp3) is 0.143. The third-order valence-electron chi connectivity index (χ3n) is 4.75. The highest BCUT2D eigenvalue weighted by atomic mass is 19.1. The molecule has 1 amide bonds. The lowest BCUT2D eigenvalue weighted by Crippen LogP contribution is -2.37. The van der Waals surface area contributed by atoms with Crippen LogP contribution in [0.15, 0.2) is 77.8 Å². The minimum absolute atomic E-state index is 0.225. The molecular weight excluding hydrogens is 357 g/mol. The highest BCUT2D eigenvalue weighted by molar-refractivity contribution is 5.99. The molecule has 2 aliphatic rings. The molecule has 0 bridgehead atoms. The lowest BCUT2D eigenvalue weighted by atomic mass is 9.77. The van der Waals surface area contributed by atoms with Crippen LogP contribution >= 0.6 is 0 Å². The molecular formula is C21H18FN5O. The van der Waals surface area contributed by atoms with Gasteiger partial charge in [0.15, 0.2) is 0 Å². The number of fused-ring (bicyclic) bond motifs is 1. The van der Waals surface area contributed by atoms with Gasteiger partial charge >= 0.3 is 0 Å². The zero-order valence-corrected chi connectivity index (χ0v) is 14.9. The van der Waals surface area contributed by atoms with Crippen molar-refractivity contribution >= 4 is 17.3 Å². The largest absolute Gasteiger partial charge is 0.387 e. The van der Waals surface area contributed by atoms with Gasteiger partial charge in [-0.05, 0) is 23.3 Å². The Morgan fingerprint density at radius 3 is 2.93 bits per heavy atom. The van der Waals surface area contributed by atoms with Gasteiger partial charge in [0.25, 0.3) is 0 Å². The number of allylic oxidation sites excluding steroid dienone is 3. The maximum absolute atomic E-state index is 13.6. The highest BCUT2D eigenvalue weighted by Crippen LogP contribution is 2.35. The van der Waals surface area contributed by atoms with Gasteiger partial charge in [0, 0.05) is 36.0 Å². The number of amidine groups is 1. The van der Waals surface area contributed by atoms with Crippen molar-refractivity contribution in [2.45, 2.75) is 6.54 Å². The van der Waals surface area contributed by atoms with Crippen molar-refractivity contribution in [2.75, 3.05) is 0 Å². The molecule has 2 atom stereocenters. The number of carbonyl (C=O) groups excluding carboxylic acids is 1. The molecule has 2 aromatic rings. The summed E-state index contributed by atoms with van der Waals surface area (Å²) in [6.45, 7) is 0.273. The molecule has 3 N–H and O–H groups in total. The number of amides is 1. The van der Waals surface area contributed by atoms with Gasteiger partial charge in [-0.1, -0.05) is 30.4 Å². The number of halogens is 1. The average molecular weight is 375 g/mol. The molecule has 0 spiro atoms. The normalized spacial score (nSPS) is 20.5. The summed E-state index contributed by atoms with van der Waals surface area (Å²) < 4.78 is 13.6. The summed E-state index contributed by atoms with van der Waals surface area (Å²) in [7, 11) is 0. The predicted octanol–water partition coefficient (Wildman–Crippen LogP) is 2.37. The van der Waals surface area contributed by atoms with Gasteiger partial charge in [-0.25, -0.2) is 9.38 Å². The van der Waals surface area contributed by atoms with Crippen LogP contribution in [0.3, 0.4) is 0 Å².